The third-order valence-corrected chi connectivity index (χ3v) is 5.50. The van der Waals surface area contributed by atoms with Crippen molar-refractivity contribution < 1.29 is 19.8 Å². The monoisotopic (exact) mass is 332 g/mol. The minimum absolute atomic E-state index is 0.127. The van der Waals surface area contributed by atoms with Crippen molar-refractivity contribution in [3.63, 3.8) is 0 Å². The van der Waals surface area contributed by atoms with Crippen LogP contribution in [0.3, 0.4) is 0 Å². The number of aliphatic hydroxyl groups excluding tert-OH is 1. The molecule has 2 aliphatic heterocycles. The van der Waals surface area contributed by atoms with Crippen molar-refractivity contribution in [1.29, 1.82) is 0 Å². The van der Waals surface area contributed by atoms with Crippen LogP contribution in [0.2, 0.25) is 0 Å². The highest BCUT2D eigenvalue weighted by Crippen LogP contribution is 2.44. The van der Waals surface area contributed by atoms with E-state index in [-0.39, 0.29) is 17.6 Å². The molecule has 8 heteroatoms. The van der Waals surface area contributed by atoms with Gasteiger partial charge in [0.15, 0.2) is 0 Å². The first kappa shape index (κ1) is 16.7. The Morgan fingerprint density at radius 1 is 1.52 bits per heavy atom. The van der Waals surface area contributed by atoms with Crippen LogP contribution in [-0.2, 0) is 9.59 Å². The van der Waals surface area contributed by atoms with Gasteiger partial charge in [0, 0.05) is 11.5 Å². The minimum atomic E-state index is -1.05. The van der Waals surface area contributed by atoms with Crippen LogP contribution in [0.15, 0.2) is 11.3 Å². The lowest BCUT2D eigenvalue weighted by Crippen LogP contribution is -2.61. The maximum Gasteiger partial charge on any atom is 0.352 e. The molecule has 4 N–H and O–H groups in total. The van der Waals surface area contributed by atoms with Crippen molar-refractivity contribution in [2.45, 2.75) is 31.9 Å². The molecule has 1 fully saturated rings. The summed E-state index contributed by atoms with van der Waals surface area (Å²) in [5, 5.41) is 24.3. The summed E-state index contributed by atoms with van der Waals surface area (Å²) in [6.07, 6.45) is 0.799. The number of carbonyl (C=O) groups is 2. The lowest BCUT2D eigenvalue weighted by atomic mass is 9.83. The molecule has 118 valence electrons. The second-order valence-electron chi connectivity index (χ2n) is 5.28. The van der Waals surface area contributed by atoms with E-state index in [4.69, 9.17) is 5.14 Å². The quantitative estimate of drug-likeness (QED) is 0.341. The van der Waals surface area contributed by atoms with E-state index in [1.54, 1.807) is 18.7 Å². The normalized spacial score (nSPS) is 25.9. The Kier molecular flexibility index (Phi) is 5.59. The van der Waals surface area contributed by atoms with E-state index >= 15 is 0 Å². The van der Waals surface area contributed by atoms with Crippen molar-refractivity contribution in [1.82, 2.24) is 4.90 Å². The topological polar surface area (TPSA) is 104 Å². The lowest BCUT2D eigenvalue weighted by Gasteiger charge is -2.44. The number of thioether (sulfide) groups is 1. The summed E-state index contributed by atoms with van der Waals surface area (Å²) in [6.45, 7) is 1.58. The summed E-state index contributed by atoms with van der Waals surface area (Å²) >= 11 is 2.97. The number of nitrogens with two attached hydrogens (primary N) is 1. The second kappa shape index (κ2) is 7.04. The molecular formula is C13H20N2O4S2. The van der Waals surface area contributed by atoms with E-state index in [9.17, 15) is 19.8 Å². The molecule has 0 aromatic rings. The number of carboxylic acids is 1. The van der Waals surface area contributed by atoms with Gasteiger partial charge in [-0.25, -0.2) is 4.79 Å². The largest absolute Gasteiger partial charge is 0.477 e. The van der Waals surface area contributed by atoms with Crippen molar-refractivity contribution in [3.8, 4) is 0 Å². The fourth-order valence-corrected chi connectivity index (χ4v) is 4.42. The van der Waals surface area contributed by atoms with E-state index in [1.807, 2.05) is 0 Å². The fourth-order valence-electron chi connectivity index (χ4n) is 2.93. The van der Waals surface area contributed by atoms with Gasteiger partial charge >= 0.3 is 5.97 Å². The zero-order valence-electron chi connectivity index (χ0n) is 11.8. The smallest absolute Gasteiger partial charge is 0.352 e. The zero-order valence-corrected chi connectivity index (χ0v) is 13.5. The van der Waals surface area contributed by atoms with Crippen LogP contribution in [0.5, 0.6) is 0 Å². The van der Waals surface area contributed by atoms with Gasteiger partial charge < -0.3 is 15.1 Å². The summed E-state index contributed by atoms with van der Waals surface area (Å²) in [6, 6.07) is -0.182. The Hall–Kier alpha value is -0.700. The number of fused-ring (bicyclic) bond motifs is 1. The van der Waals surface area contributed by atoms with Gasteiger partial charge in [0.2, 0.25) is 5.91 Å². The number of hydrogen-bond donors (Lipinski definition) is 3. The standard InChI is InChI=1S/C13H20N2O4S2/c1-7(16)10-9-5-8(6-20-3-2-4-21-14)11(13(18)19)15(9)12(10)17/h7,9-10,16H,2-6,14H2,1H3,(H,18,19). The number of carbonyl (C=O) groups excluding carboxylic acids is 1. The SMILES string of the molecule is CC(O)C1C(=O)N2C(C(=O)O)=C(CSCCCSN)CC12. The molecule has 6 nitrogen and oxygen atoms in total. The summed E-state index contributed by atoms with van der Waals surface area (Å²) in [5.41, 5.74) is 0.928. The number of hydrogen-bond acceptors (Lipinski definition) is 6. The minimum Gasteiger partial charge on any atom is -0.477 e. The molecule has 1 amide bonds. The predicted octanol–water partition coefficient (Wildman–Crippen LogP) is 0.667. The molecule has 2 heterocycles. The molecule has 0 bridgehead atoms. The van der Waals surface area contributed by atoms with Crippen LogP contribution >= 0.6 is 23.7 Å². The van der Waals surface area contributed by atoms with E-state index in [0.29, 0.717) is 12.2 Å². The van der Waals surface area contributed by atoms with Crippen LogP contribution in [-0.4, -0.2) is 56.4 Å². The average Bonchev–Trinajstić information content (AvgIpc) is 2.72. The van der Waals surface area contributed by atoms with Crippen LogP contribution in [0, 0.1) is 5.92 Å². The Bertz CT molecular complexity index is 467. The molecule has 2 rings (SSSR count). The van der Waals surface area contributed by atoms with Crippen LogP contribution in [0.4, 0.5) is 0 Å². The van der Waals surface area contributed by atoms with Crippen molar-refractivity contribution in [2.75, 3.05) is 17.3 Å². The molecule has 0 aromatic carbocycles. The molecule has 0 aromatic heterocycles. The Balaban J connectivity index is 2.00. The predicted molar refractivity (Wildman–Crippen MR) is 83.7 cm³/mol. The van der Waals surface area contributed by atoms with E-state index < -0.39 is 18.0 Å². The second-order valence-corrected chi connectivity index (χ2v) is 7.13. The Morgan fingerprint density at radius 3 is 2.81 bits per heavy atom. The number of nitrogens with zero attached hydrogens (tertiary/aromatic N) is 1. The average molecular weight is 332 g/mol. The molecular weight excluding hydrogens is 312 g/mol. The highest BCUT2D eigenvalue weighted by molar-refractivity contribution is 7.99. The summed E-state index contributed by atoms with van der Waals surface area (Å²) in [7, 11) is 0. The molecule has 1 saturated heterocycles. The van der Waals surface area contributed by atoms with Gasteiger partial charge in [0.25, 0.3) is 0 Å². The van der Waals surface area contributed by atoms with Gasteiger partial charge in [0.1, 0.15) is 5.70 Å². The third-order valence-electron chi connectivity index (χ3n) is 3.85. The van der Waals surface area contributed by atoms with Crippen molar-refractivity contribution in [3.05, 3.63) is 11.3 Å². The number of rotatable bonds is 8. The molecule has 0 radical (unpaired) electrons. The molecule has 3 atom stereocenters. The molecule has 21 heavy (non-hydrogen) atoms. The van der Waals surface area contributed by atoms with Gasteiger partial charge in [-0.3, -0.25) is 9.93 Å². The van der Waals surface area contributed by atoms with Crippen LogP contribution in [0.25, 0.3) is 0 Å². The summed E-state index contributed by atoms with van der Waals surface area (Å²) in [5.74, 6) is 0.628. The number of β-lactam (4-membered cyclic amide) rings is 1. The third kappa shape index (κ3) is 3.23. The van der Waals surface area contributed by atoms with Gasteiger partial charge in [-0.05, 0) is 31.1 Å². The van der Waals surface area contributed by atoms with E-state index in [1.165, 1.54) is 16.8 Å². The fraction of sp³-hybridized carbons (Fsp3) is 0.692. The number of aliphatic carboxylic acids is 1. The maximum atomic E-state index is 12.0. The van der Waals surface area contributed by atoms with Gasteiger partial charge in [-0.15, -0.1) is 0 Å². The van der Waals surface area contributed by atoms with Gasteiger partial charge in [-0.2, -0.15) is 11.8 Å². The number of amides is 1. The Labute approximate surface area is 132 Å². The molecule has 0 aliphatic carbocycles. The molecule has 2 aliphatic rings. The number of aliphatic hydroxyl groups is 1. The van der Waals surface area contributed by atoms with Crippen LogP contribution < -0.4 is 5.14 Å². The van der Waals surface area contributed by atoms with Gasteiger partial charge in [0.05, 0.1) is 18.1 Å². The molecule has 0 saturated carbocycles. The first-order chi connectivity index (χ1) is 9.99. The summed E-state index contributed by atoms with van der Waals surface area (Å²) in [4.78, 5) is 24.8. The first-order valence-corrected chi connectivity index (χ1v) is 9.05. The molecule has 3 unspecified atom stereocenters. The molecule has 0 spiro atoms. The first-order valence-electron chi connectivity index (χ1n) is 6.85. The lowest BCUT2D eigenvalue weighted by molar-refractivity contribution is -0.161. The highest BCUT2D eigenvalue weighted by atomic mass is 32.2. The van der Waals surface area contributed by atoms with Crippen molar-refractivity contribution in [2.24, 2.45) is 11.1 Å². The highest BCUT2D eigenvalue weighted by Gasteiger charge is 2.56. The van der Waals surface area contributed by atoms with Crippen molar-refractivity contribution >= 4 is 35.6 Å². The summed E-state index contributed by atoms with van der Waals surface area (Å²) < 4.78 is 0. The van der Waals surface area contributed by atoms with Crippen LogP contribution in [0.1, 0.15) is 19.8 Å². The zero-order chi connectivity index (χ0) is 15.6. The maximum absolute atomic E-state index is 12.0. The Morgan fingerprint density at radius 2 is 2.24 bits per heavy atom. The van der Waals surface area contributed by atoms with Gasteiger partial charge in [-0.1, -0.05) is 11.9 Å². The van der Waals surface area contributed by atoms with E-state index in [2.05, 4.69) is 0 Å². The number of carboxylic acid groups (broad SMARTS) is 1. The van der Waals surface area contributed by atoms with E-state index in [0.717, 1.165) is 23.5 Å².